The Bertz CT molecular complexity index is 596. The molecular formula is C14H10BrCl2NO. The number of carbonyl (C=O) groups is 1. The minimum absolute atomic E-state index is 0.238. The predicted molar refractivity (Wildman–Crippen MR) is 83.5 cm³/mol. The fourth-order valence-corrected chi connectivity index (χ4v) is 2.65. The molecular weight excluding hydrogens is 349 g/mol. The standard InChI is InChI=1S/C14H10BrCl2NO/c15-8-9-3-1-2-4-13(9)18-14(19)10-5-11(16)7-12(17)6-10/h1-7H,8H2,(H,18,19). The Morgan fingerprint density at radius 3 is 2.37 bits per heavy atom. The second-order valence-corrected chi connectivity index (χ2v) is 5.34. The molecule has 0 heterocycles. The van der Waals surface area contributed by atoms with E-state index >= 15 is 0 Å². The van der Waals surface area contributed by atoms with Crippen LogP contribution in [-0.2, 0) is 5.33 Å². The Labute approximate surface area is 129 Å². The minimum atomic E-state index is -0.238. The summed E-state index contributed by atoms with van der Waals surface area (Å²) >= 11 is 15.2. The number of hydrogen-bond acceptors (Lipinski definition) is 1. The molecule has 0 atom stereocenters. The first-order valence-corrected chi connectivity index (χ1v) is 7.39. The van der Waals surface area contributed by atoms with E-state index in [9.17, 15) is 4.79 Å². The molecule has 2 aromatic carbocycles. The maximum atomic E-state index is 12.1. The monoisotopic (exact) mass is 357 g/mol. The SMILES string of the molecule is O=C(Nc1ccccc1CBr)c1cc(Cl)cc(Cl)c1. The van der Waals surface area contributed by atoms with Crippen LogP contribution in [0.4, 0.5) is 5.69 Å². The molecule has 0 aliphatic carbocycles. The number of para-hydroxylation sites is 1. The van der Waals surface area contributed by atoms with Gasteiger partial charge in [-0.05, 0) is 29.8 Å². The van der Waals surface area contributed by atoms with Crippen molar-refractivity contribution in [3.63, 3.8) is 0 Å². The Balaban J connectivity index is 2.25. The Hall–Kier alpha value is -1.03. The third-order valence-electron chi connectivity index (χ3n) is 2.53. The van der Waals surface area contributed by atoms with Crippen molar-refractivity contribution in [3.05, 3.63) is 63.6 Å². The lowest BCUT2D eigenvalue weighted by atomic mass is 10.1. The van der Waals surface area contributed by atoms with Gasteiger partial charge in [0, 0.05) is 26.6 Å². The van der Waals surface area contributed by atoms with Crippen LogP contribution in [0.15, 0.2) is 42.5 Å². The van der Waals surface area contributed by atoms with Crippen LogP contribution in [0.5, 0.6) is 0 Å². The largest absolute Gasteiger partial charge is 0.322 e. The van der Waals surface area contributed by atoms with Crippen molar-refractivity contribution in [2.45, 2.75) is 5.33 Å². The number of amides is 1. The average molecular weight is 359 g/mol. The summed E-state index contributed by atoms with van der Waals surface area (Å²) in [5, 5.41) is 4.39. The normalized spacial score (nSPS) is 10.3. The highest BCUT2D eigenvalue weighted by molar-refractivity contribution is 9.08. The van der Waals surface area contributed by atoms with E-state index in [1.807, 2.05) is 24.3 Å². The Morgan fingerprint density at radius 1 is 1.11 bits per heavy atom. The molecule has 2 rings (SSSR count). The van der Waals surface area contributed by atoms with Gasteiger partial charge in [-0.2, -0.15) is 0 Å². The topological polar surface area (TPSA) is 29.1 Å². The fraction of sp³-hybridized carbons (Fsp3) is 0.0714. The van der Waals surface area contributed by atoms with Crippen LogP contribution in [0, 0.1) is 0 Å². The van der Waals surface area contributed by atoms with E-state index in [2.05, 4.69) is 21.2 Å². The zero-order valence-corrected chi connectivity index (χ0v) is 12.9. The molecule has 1 N–H and O–H groups in total. The lowest BCUT2D eigenvalue weighted by molar-refractivity contribution is 0.102. The first-order chi connectivity index (χ1) is 9.10. The van der Waals surface area contributed by atoms with E-state index in [4.69, 9.17) is 23.2 Å². The van der Waals surface area contributed by atoms with Crippen molar-refractivity contribution in [1.82, 2.24) is 0 Å². The average Bonchev–Trinajstić information content (AvgIpc) is 2.38. The van der Waals surface area contributed by atoms with E-state index < -0.39 is 0 Å². The van der Waals surface area contributed by atoms with Crippen molar-refractivity contribution in [2.75, 3.05) is 5.32 Å². The molecule has 98 valence electrons. The molecule has 19 heavy (non-hydrogen) atoms. The van der Waals surface area contributed by atoms with Gasteiger partial charge < -0.3 is 5.32 Å². The Kier molecular flexibility index (Phi) is 4.86. The summed E-state index contributed by atoms with van der Waals surface area (Å²) in [6.07, 6.45) is 0. The number of hydrogen-bond donors (Lipinski definition) is 1. The van der Waals surface area contributed by atoms with Crippen LogP contribution in [-0.4, -0.2) is 5.91 Å². The van der Waals surface area contributed by atoms with Crippen LogP contribution in [0.2, 0.25) is 10.0 Å². The lowest BCUT2D eigenvalue weighted by Crippen LogP contribution is -2.13. The van der Waals surface area contributed by atoms with Crippen LogP contribution in [0.25, 0.3) is 0 Å². The predicted octanol–water partition coefficient (Wildman–Crippen LogP) is 5.14. The highest BCUT2D eigenvalue weighted by Crippen LogP contribution is 2.22. The summed E-state index contributed by atoms with van der Waals surface area (Å²) in [7, 11) is 0. The number of alkyl halides is 1. The maximum Gasteiger partial charge on any atom is 0.255 e. The molecule has 0 aliphatic rings. The number of halogens is 3. The lowest BCUT2D eigenvalue weighted by Gasteiger charge is -2.09. The molecule has 0 bridgehead atoms. The molecule has 0 saturated heterocycles. The van der Waals surface area contributed by atoms with Gasteiger partial charge in [0.05, 0.1) is 0 Å². The highest BCUT2D eigenvalue weighted by Gasteiger charge is 2.10. The van der Waals surface area contributed by atoms with Gasteiger partial charge >= 0.3 is 0 Å². The molecule has 0 unspecified atom stereocenters. The smallest absolute Gasteiger partial charge is 0.255 e. The highest BCUT2D eigenvalue weighted by atomic mass is 79.9. The fourth-order valence-electron chi connectivity index (χ4n) is 1.64. The minimum Gasteiger partial charge on any atom is -0.322 e. The summed E-state index contributed by atoms with van der Waals surface area (Å²) in [5.74, 6) is -0.238. The molecule has 5 heteroatoms. The molecule has 0 spiro atoms. The van der Waals surface area contributed by atoms with Gasteiger partial charge in [0.15, 0.2) is 0 Å². The van der Waals surface area contributed by atoms with Crippen molar-refractivity contribution in [3.8, 4) is 0 Å². The van der Waals surface area contributed by atoms with Crippen LogP contribution >= 0.6 is 39.1 Å². The summed E-state index contributed by atoms with van der Waals surface area (Å²) in [6.45, 7) is 0. The van der Waals surface area contributed by atoms with E-state index in [0.29, 0.717) is 20.9 Å². The Morgan fingerprint density at radius 2 is 1.74 bits per heavy atom. The molecule has 0 fully saturated rings. The third kappa shape index (κ3) is 3.72. The second kappa shape index (κ2) is 6.42. The van der Waals surface area contributed by atoms with E-state index in [1.54, 1.807) is 18.2 Å². The van der Waals surface area contributed by atoms with E-state index in [-0.39, 0.29) is 5.91 Å². The zero-order chi connectivity index (χ0) is 13.8. The quantitative estimate of drug-likeness (QED) is 0.756. The van der Waals surface area contributed by atoms with Crippen molar-refractivity contribution in [1.29, 1.82) is 0 Å². The first-order valence-electron chi connectivity index (χ1n) is 5.51. The number of nitrogens with one attached hydrogen (secondary N) is 1. The van der Waals surface area contributed by atoms with E-state index in [0.717, 1.165) is 11.3 Å². The van der Waals surface area contributed by atoms with Gasteiger partial charge in [0.1, 0.15) is 0 Å². The number of benzene rings is 2. The molecule has 0 radical (unpaired) electrons. The van der Waals surface area contributed by atoms with Gasteiger partial charge in [0.2, 0.25) is 0 Å². The van der Waals surface area contributed by atoms with Crippen LogP contribution < -0.4 is 5.32 Å². The number of carbonyl (C=O) groups excluding carboxylic acids is 1. The first kappa shape index (κ1) is 14.4. The van der Waals surface area contributed by atoms with Gasteiger partial charge in [-0.15, -0.1) is 0 Å². The maximum absolute atomic E-state index is 12.1. The number of anilines is 1. The van der Waals surface area contributed by atoms with Crippen molar-refractivity contribution >= 4 is 50.7 Å². The van der Waals surface area contributed by atoms with Gasteiger partial charge in [0.25, 0.3) is 5.91 Å². The molecule has 1 amide bonds. The summed E-state index contributed by atoms with van der Waals surface area (Å²) in [6, 6.07) is 12.3. The van der Waals surface area contributed by atoms with Gasteiger partial charge in [-0.1, -0.05) is 57.3 Å². The second-order valence-electron chi connectivity index (χ2n) is 3.90. The van der Waals surface area contributed by atoms with Crippen molar-refractivity contribution < 1.29 is 4.79 Å². The van der Waals surface area contributed by atoms with Crippen molar-refractivity contribution in [2.24, 2.45) is 0 Å². The molecule has 0 saturated carbocycles. The molecule has 2 aromatic rings. The summed E-state index contributed by atoms with van der Waals surface area (Å²) in [5.41, 5.74) is 2.20. The van der Waals surface area contributed by atoms with Crippen LogP contribution in [0.3, 0.4) is 0 Å². The molecule has 2 nitrogen and oxygen atoms in total. The summed E-state index contributed by atoms with van der Waals surface area (Å²) in [4.78, 5) is 12.1. The third-order valence-corrected chi connectivity index (χ3v) is 3.57. The zero-order valence-electron chi connectivity index (χ0n) is 9.79. The summed E-state index contributed by atoms with van der Waals surface area (Å²) < 4.78 is 0. The number of rotatable bonds is 3. The molecule has 0 aliphatic heterocycles. The van der Waals surface area contributed by atoms with Crippen LogP contribution in [0.1, 0.15) is 15.9 Å². The van der Waals surface area contributed by atoms with Gasteiger partial charge in [-0.3, -0.25) is 4.79 Å². The van der Waals surface area contributed by atoms with Gasteiger partial charge in [-0.25, -0.2) is 0 Å². The van der Waals surface area contributed by atoms with E-state index in [1.165, 1.54) is 0 Å². The molecule has 0 aromatic heterocycles.